The van der Waals surface area contributed by atoms with Crippen LogP contribution in [-0.4, -0.2) is 248 Å². The number of Topliss-reactive ketones (excluding diaryl/α,β-unsaturated/α-hetero) is 1. The van der Waals surface area contributed by atoms with Crippen molar-refractivity contribution in [1.82, 2.24) is 74.1 Å². The zero-order chi connectivity index (χ0) is 85.8. The van der Waals surface area contributed by atoms with Gasteiger partial charge in [-0.2, -0.15) is 0 Å². The van der Waals surface area contributed by atoms with Gasteiger partial charge in [-0.15, -0.1) is 0 Å². The van der Waals surface area contributed by atoms with E-state index in [9.17, 15) is 121 Å². The standard InChI is InChI=1S/C72H101N17O26/c1-5-6-7-8-9-10-11-22-53(93)81-44(25-38-31-76-42-20-15-13-17-39(38)42)66(108)84-45(27-52(75)92)67(109)86-48(30-59(102)103)68(110)89-61-37(4)115-72(114)49(26-51(91)40-18-12-14-19-41(40)74)87-71(113)60(35(2)24-56(96)97)88-69(111)50(34-90)82-55(95)32-77-63(105)46(28-57(98)99)83-62(104)36(3)79-65(107)47(29-58(100)101)85-64(106)43(21-16-23-73)80-54(94)33-78-70(61)112/h12-15,17-20,31,35-37,43-50,60-61,76,90H,5-11,16,21-30,32-34,73-74H2,1-4H3,(H2,75,92)(H,77,105)(H,78,112)(H,79,107)(H,80,94)(H,81,93)(H,82,95)(H,83,104)(H,84,108)(H,85,106)(H,86,109)(H,87,113)(H,88,111)(H,89,110)(H,96,97)(H,98,99)(H,100,101)(H,102,103)/t35-,36?,37-,43+,44+,45-,46+,47+,48+,49+,50-,60+,61+/m1/s1. The number of aliphatic hydroxyl groups excluding tert-OH is 1. The zero-order valence-corrected chi connectivity index (χ0v) is 63.6. The maximum Gasteiger partial charge on any atom is 0.329 e. The number of aliphatic hydroxyl groups is 1. The van der Waals surface area contributed by atoms with Gasteiger partial charge in [0.25, 0.3) is 0 Å². The molecule has 1 aliphatic rings. The number of anilines is 1. The number of unbranched alkanes of at least 4 members (excludes halogenated alkanes) is 6. The van der Waals surface area contributed by atoms with Crippen LogP contribution >= 0.6 is 0 Å². The highest BCUT2D eigenvalue weighted by Gasteiger charge is 2.41. The number of H-pyrrole nitrogens is 1. The summed E-state index contributed by atoms with van der Waals surface area (Å²) in [6, 6.07) is -10.5. The fourth-order valence-electron chi connectivity index (χ4n) is 11.7. The summed E-state index contributed by atoms with van der Waals surface area (Å²) in [4.78, 5) is 276. The fourth-order valence-corrected chi connectivity index (χ4v) is 11.7. The van der Waals surface area contributed by atoms with E-state index in [2.05, 4.69) is 65.1 Å². The number of carbonyl (C=O) groups is 20. The molecule has 1 aliphatic heterocycles. The van der Waals surface area contributed by atoms with Crippen LogP contribution in [0, 0.1) is 5.92 Å². The third kappa shape index (κ3) is 32.5. The van der Waals surface area contributed by atoms with E-state index in [1.807, 2.05) is 16.0 Å². The normalized spacial score (nSPS) is 21.2. The average Bonchev–Trinajstić information content (AvgIpc) is 1.72. The van der Waals surface area contributed by atoms with Crippen LogP contribution in [0.15, 0.2) is 54.7 Å². The number of nitrogens with two attached hydrogens (primary N) is 3. The summed E-state index contributed by atoms with van der Waals surface area (Å²) in [5.41, 5.74) is 18.1. The molecule has 2 heterocycles. The quantitative estimate of drug-likeness (QED) is 0.0113. The van der Waals surface area contributed by atoms with Crippen molar-refractivity contribution in [2.24, 2.45) is 17.4 Å². The van der Waals surface area contributed by atoms with E-state index in [1.165, 1.54) is 24.3 Å². The molecule has 1 fully saturated rings. The van der Waals surface area contributed by atoms with Crippen molar-refractivity contribution < 1.29 is 126 Å². The van der Waals surface area contributed by atoms with Crippen LogP contribution in [0.25, 0.3) is 10.9 Å². The number of amides is 14. The molecule has 0 radical (unpaired) electrons. The second-order valence-corrected chi connectivity index (χ2v) is 27.2. The molecule has 13 atom stereocenters. The number of nitrogen functional groups attached to an aromatic ring is 1. The Balaban J connectivity index is 1.87. The Morgan fingerprint density at radius 3 is 1.69 bits per heavy atom. The van der Waals surface area contributed by atoms with E-state index in [1.54, 1.807) is 30.5 Å². The second-order valence-electron chi connectivity index (χ2n) is 27.2. The number of ether oxygens (including phenoxy) is 1. The largest absolute Gasteiger partial charge is 0.481 e. The Labute approximate surface area is 657 Å². The highest BCUT2D eigenvalue weighted by atomic mass is 16.5. The van der Waals surface area contributed by atoms with Gasteiger partial charge in [0.2, 0.25) is 82.7 Å². The van der Waals surface area contributed by atoms with Gasteiger partial charge >= 0.3 is 29.8 Å². The van der Waals surface area contributed by atoms with E-state index in [-0.39, 0.29) is 37.1 Å². The molecule has 0 aliphatic carbocycles. The van der Waals surface area contributed by atoms with Gasteiger partial charge in [0.1, 0.15) is 72.6 Å². The fraction of sp³-hybridized carbons (Fsp3) is 0.528. The Hall–Kier alpha value is -12.7. The molecular weight excluding hydrogens is 1520 g/mol. The summed E-state index contributed by atoms with van der Waals surface area (Å²) in [6.07, 6.45) is -2.33. The van der Waals surface area contributed by atoms with Gasteiger partial charge in [0, 0.05) is 47.6 Å². The molecule has 115 heavy (non-hydrogen) atoms. The number of esters is 1. The molecule has 0 saturated carbocycles. The van der Waals surface area contributed by atoms with Crippen LogP contribution in [0.1, 0.15) is 146 Å². The smallest absolute Gasteiger partial charge is 0.329 e. The minimum atomic E-state index is -2.45. The summed E-state index contributed by atoms with van der Waals surface area (Å²) in [5, 5.41) is 78.7. The van der Waals surface area contributed by atoms with Gasteiger partial charge in [-0.05, 0) is 69.3 Å². The van der Waals surface area contributed by atoms with Crippen LogP contribution in [-0.2, 0) is 102 Å². The molecule has 1 unspecified atom stereocenters. The highest BCUT2D eigenvalue weighted by Crippen LogP contribution is 2.22. The lowest BCUT2D eigenvalue weighted by Gasteiger charge is -2.30. The molecule has 43 nitrogen and oxygen atoms in total. The number of hydrogen-bond donors (Lipinski definition) is 22. The Morgan fingerprint density at radius 2 is 1.09 bits per heavy atom. The number of carboxylic acid groups (broad SMARTS) is 4. The first-order chi connectivity index (χ1) is 54.4. The third-order valence-corrected chi connectivity index (χ3v) is 17.9. The summed E-state index contributed by atoms with van der Waals surface area (Å²) in [6.45, 7) is 1.11. The van der Waals surface area contributed by atoms with Gasteiger partial charge in [0.15, 0.2) is 5.78 Å². The topological polar surface area (TPSA) is 702 Å². The predicted molar refractivity (Wildman–Crippen MR) is 400 cm³/mol. The number of primary amides is 1. The van der Waals surface area contributed by atoms with Gasteiger partial charge in [-0.25, -0.2) is 4.79 Å². The van der Waals surface area contributed by atoms with E-state index in [4.69, 9.17) is 21.9 Å². The van der Waals surface area contributed by atoms with Gasteiger partial charge in [0.05, 0.1) is 51.8 Å². The first-order valence-corrected chi connectivity index (χ1v) is 36.8. The van der Waals surface area contributed by atoms with Gasteiger partial charge in [-0.1, -0.05) is 82.7 Å². The second kappa shape index (κ2) is 47.6. The average molecular weight is 1620 g/mol. The molecule has 14 amide bonds. The minimum absolute atomic E-state index is 0.0186. The Kier molecular flexibility index (Phi) is 39.2. The molecule has 25 N–H and O–H groups in total. The first-order valence-electron chi connectivity index (χ1n) is 36.8. The van der Waals surface area contributed by atoms with Crippen LogP contribution in [0.3, 0.4) is 0 Å². The number of benzene rings is 2. The number of nitrogens with one attached hydrogen (secondary N) is 14. The number of para-hydroxylation sites is 2. The van der Waals surface area contributed by atoms with Crippen molar-refractivity contribution in [2.45, 2.75) is 209 Å². The molecule has 4 rings (SSSR count). The molecule has 630 valence electrons. The first kappa shape index (κ1) is 94.7. The molecular formula is C72H101N17O26. The minimum Gasteiger partial charge on any atom is -0.481 e. The maximum absolute atomic E-state index is 14.8. The van der Waals surface area contributed by atoms with Crippen LogP contribution < -0.4 is 86.3 Å². The van der Waals surface area contributed by atoms with Crippen molar-refractivity contribution >= 4 is 135 Å². The SMILES string of the molecule is CCCCCCCCCC(=O)N[C@@H](Cc1c[nH]c2ccccc12)C(=O)N[C@H](CC(N)=O)C(=O)N[C@@H](CC(=O)O)C(=O)N[C@@H]1C(=O)NCC(=O)N[C@@H](CCCN)C(=O)N[C@@H](CC(=O)O)C(=O)NC(C)C(=O)N[C@@H](CC(=O)O)C(=O)NCC(=O)N[C@H](CO)C(=O)N[C@@H]([C@H](C)CC(=O)O)C(=O)N[C@@H](CC(=O)c2ccccc2N)C(=O)O[C@@H]1C. The van der Waals surface area contributed by atoms with Crippen molar-refractivity contribution in [3.8, 4) is 0 Å². The molecule has 43 heteroatoms. The lowest BCUT2D eigenvalue weighted by atomic mass is 9.96. The Bertz CT molecular complexity index is 4040. The van der Waals surface area contributed by atoms with E-state index < -0.39 is 261 Å². The zero-order valence-electron chi connectivity index (χ0n) is 63.6. The molecule has 1 aromatic heterocycles. The number of cyclic esters (lactones) is 1. The van der Waals surface area contributed by atoms with Gasteiger partial charge < -0.3 is 122 Å². The number of aliphatic carboxylic acids is 4. The number of hydrogen-bond acceptors (Lipinski definition) is 24. The number of fused-ring (bicyclic) bond motifs is 1. The van der Waals surface area contributed by atoms with Crippen LogP contribution in [0.4, 0.5) is 5.69 Å². The van der Waals surface area contributed by atoms with E-state index in [0.29, 0.717) is 29.3 Å². The third-order valence-electron chi connectivity index (χ3n) is 17.9. The summed E-state index contributed by atoms with van der Waals surface area (Å²) in [5.74, 6) is -29.7. The lowest BCUT2D eigenvalue weighted by Crippen LogP contribution is -2.62. The van der Waals surface area contributed by atoms with Crippen LogP contribution in [0.5, 0.6) is 0 Å². The van der Waals surface area contributed by atoms with Crippen molar-refractivity contribution in [3.05, 3.63) is 65.9 Å². The highest BCUT2D eigenvalue weighted by molar-refractivity contribution is 6.05. The van der Waals surface area contributed by atoms with Crippen molar-refractivity contribution in [3.63, 3.8) is 0 Å². The summed E-state index contributed by atoms with van der Waals surface area (Å²) in [7, 11) is 0. The summed E-state index contributed by atoms with van der Waals surface area (Å²) >= 11 is 0. The number of carboxylic acids is 4. The molecule has 0 spiro atoms. The number of ketones is 1. The van der Waals surface area contributed by atoms with E-state index >= 15 is 0 Å². The van der Waals surface area contributed by atoms with E-state index in [0.717, 1.165) is 52.9 Å². The Morgan fingerprint density at radius 1 is 0.548 bits per heavy atom. The predicted octanol–water partition coefficient (Wildman–Crippen LogP) is -5.62. The maximum atomic E-state index is 14.8. The lowest BCUT2D eigenvalue weighted by molar-refractivity contribution is -0.156. The molecule has 2 aromatic carbocycles. The number of aromatic nitrogens is 1. The number of aromatic amines is 1. The van der Waals surface area contributed by atoms with Crippen LogP contribution in [0.2, 0.25) is 0 Å². The van der Waals surface area contributed by atoms with Crippen molar-refractivity contribution in [2.75, 3.05) is 32.0 Å². The summed E-state index contributed by atoms with van der Waals surface area (Å²) < 4.78 is 5.68. The van der Waals surface area contributed by atoms with Crippen molar-refractivity contribution in [1.29, 1.82) is 0 Å². The monoisotopic (exact) mass is 1620 g/mol. The van der Waals surface area contributed by atoms with Gasteiger partial charge in [-0.3, -0.25) is 91.1 Å². The molecule has 1 saturated heterocycles. The molecule has 0 bridgehead atoms. The number of rotatable bonds is 35. The number of carbonyl (C=O) groups excluding carboxylic acids is 16. The molecule has 3 aromatic rings.